The number of hydrogen-bond acceptors (Lipinski definition) is 5. The second-order valence-electron chi connectivity index (χ2n) is 4.20. The lowest BCUT2D eigenvalue weighted by Crippen LogP contribution is -2.40. The number of anilines is 1. The van der Waals surface area contributed by atoms with E-state index in [1.807, 2.05) is 7.05 Å². The molecular weight excluding hydrogens is 250 g/mol. The van der Waals surface area contributed by atoms with Gasteiger partial charge >= 0.3 is 0 Å². The third-order valence-corrected chi connectivity index (χ3v) is 2.90. The zero-order chi connectivity index (χ0) is 13.8. The van der Waals surface area contributed by atoms with Crippen LogP contribution in [0.1, 0.15) is 6.42 Å². The maximum Gasteiger partial charge on any atom is 0.271 e. The summed E-state index contributed by atoms with van der Waals surface area (Å²) in [5, 5.41) is 13.8. The van der Waals surface area contributed by atoms with Gasteiger partial charge in [0.15, 0.2) is 6.61 Å². The van der Waals surface area contributed by atoms with E-state index >= 15 is 0 Å². The minimum Gasteiger partial charge on any atom is -0.482 e. The topological polar surface area (TPSA) is 84.7 Å². The number of fused-ring (bicyclic) bond motifs is 1. The lowest BCUT2D eigenvalue weighted by atomic mass is 10.2. The van der Waals surface area contributed by atoms with Gasteiger partial charge in [0.05, 0.1) is 10.6 Å². The van der Waals surface area contributed by atoms with Crippen LogP contribution < -0.4 is 15.0 Å². The van der Waals surface area contributed by atoms with Gasteiger partial charge in [0, 0.05) is 18.7 Å². The van der Waals surface area contributed by atoms with Crippen molar-refractivity contribution < 1.29 is 14.5 Å². The first-order valence-electron chi connectivity index (χ1n) is 5.99. The highest BCUT2D eigenvalue weighted by Crippen LogP contribution is 2.35. The van der Waals surface area contributed by atoms with E-state index in [-0.39, 0.29) is 18.2 Å². The van der Waals surface area contributed by atoms with Gasteiger partial charge in [-0.2, -0.15) is 0 Å². The van der Waals surface area contributed by atoms with E-state index in [1.54, 1.807) is 4.90 Å². The molecule has 0 aliphatic carbocycles. The van der Waals surface area contributed by atoms with Crippen LogP contribution in [0.3, 0.4) is 0 Å². The monoisotopic (exact) mass is 265 g/mol. The number of amides is 1. The summed E-state index contributed by atoms with van der Waals surface area (Å²) in [6.07, 6.45) is 0.768. The van der Waals surface area contributed by atoms with Gasteiger partial charge in [0.25, 0.3) is 11.6 Å². The van der Waals surface area contributed by atoms with E-state index < -0.39 is 4.92 Å². The number of nitro groups is 1. The predicted molar refractivity (Wildman–Crippen MR) is 69.5 cm³/mol. The van der Waals surface area contributed by atoms with Crippen LogP contribution in [-0.2, 0) is 4.79 Å². The van der Waals surface area contributed by atoms with E-state index in [0.29, 0.717) is 18.0 Å². The number of carbonyl (C=O) groups is 1. The average Bonchev–Trinajstić information content (AvgIpc) is 2.40. The smallest absolute Gasteiger partial charge is 0.271 e. The molecule has 0 saturated heterocycles. The molecule has 1 heterocycles. The molecule has 19 heavy (non-hydrogen) atoms. The number of nitrogens with one attached hydrogen (secondary N) is 1. The standard InChI is InChI=1S/C12H15N3O4/c1-13-5-2-6-14-10-7-9(15(17)18)3-4-11(10)19-8-12(14)16/h3-4,7,13H,2,5-6,8H2,1H3. The van der Waals surface area contributed by atoms with Gasteiger partial charge in [0.2, 0.25) is 0 Å². The molecular formula is C12H15N3O4. The third-order valence-electron chi connectivity index (χ3n) is 2.90. The van der Waals surface area contributed by atoms with Crippen LogP contribution in [0.2, 0.25) is 0 Å². The maximum atomic E-state index is 11.8. The van der Waals surface area contributed by atoms with Crippen molar-refractivity contribution in [2.75, 3.05) is 31.6 Å². The van der Waals surface area contributed by atoms with Crippen LogP contribution in [0.4, 0.5) is 11.4 Å². The molecule has 0 aromatic heterocycles. The van der Waals surface area contributed by atoms with Crippen LogP contribution in [0.25, 0.3) is 0 Å². The van der Waals surface area contributed by atoms with Gasteiger partial charge in [-0.1, -0.05) is 0 Å². The van der Waals surface area contributed by atoms with Crippen molar-refractivity contribution >= 4 is 17.3 Å². The number of carbonyl (C=O) groups excluding carboxylic acids is 1. The Bertz CT molecular complexity index is 504. The van der Waals surface area contributed by atoms with E-state index in [9.17, 15) is 14.9 Å². The largest absolute Gasteiger partial charge is 0.482 e. The van der Waals surface area contributed by atoms with Gasteiger partial charge in [-0.15, -0.1) is 0 Å². The highest BCUT2D eigenvalue weighted by Gasteiger charge is 2.26. The van der Waals surface area contributed by atoms with Gasteiger partial charge in [-0.05, 0) is 26.1 Å². The minimum absolute atomic E-state index is 0.0234. The van der Waals surface area contributed by atoms with Crippen molar-refractivity contribution in [2.24, 2.45) is 0 Å². The first-order chi connectivity index (χ1) is 9.13. The van der Waals surface area contributed by atoms with Gasteiger partial charge in [-0.3, -0.25) is 14.9 Å². The number of benzene rings is 1. The number of non-ortho nitro benzene ring substituents is 1. The molecule has 0 spiro atoms. The summed E-state index contributed by atoms with van der Waals surface area (Å²) in [4.78, 5) is 23.7. The second-order valence-corrected chi connectivity index (χ2v) is 4.20. The summed E-state index contributed by atoms with van der Waals surface area (Å²) in [6, 6.07) is 4.29. The SMILES string of the molecule is CNCCCN1C(=O)COc2ccc([N+](=O)[O-])cc21. The van der Waals surface area contributed by atoms with E-state index in [1.165, 1.54) is 18.2 Å². The Morgan fingerprint density at radius 2 is 2.32 bits per heavy atom. The molecule has 0 bridgehead atoms. The molecule has 0 fully saturated rings. The summed E-state index contributed by atoms with van der Waals surface area (Å²) in [5.41, 5.74) is 0.428. The molecule has 0 unspecified atom stereocenters. The van der Waals surface area contributed by atoms with Crippen molar-refractivity contribution in [1.29, 1.82) is 0 Å². The zero-order valence-electron chi connectivity index (χ0n) is 10.6. The normalized spacial score (nSPS) is 13.9. The van der Waals surface area contributed by atoms with Gasteiger partial charge in [0.1, 0.15) is 5.75 Å². The molecule has 102 valence electrons. The summed E-state index contributed by atoms with van der Waals surface area (Å²) in [7, 11) is 1.83. The van der Waals surface area contributed by atoms with Crippen molar-refractivity contribution in [3.05, 3.63) is 28.3 Å². The van der Waals surface area contributed by atoms with Crippen LogP contribution in [0, 0.1) is 10.1 Å². The van der Waals surface area contributed by atoms with Gasteiger partial charge < -0.3 is 15.0 Å². The number of rotatable bonds is 5. The van der Waals surface area contributed by atoms with Crippen molar-refractivity contribution in [3.8, 4) is 5.75 Å². The number of nitrogens with zero attached hydrogens (tertiary/aromatic N) is 2. The molecule has 1 N–H and O–H groups in total. The Labute approximate surface area is 110 Å². The fraction of sp³-hybridized carbons (Fsp3) is 0.417. The summed E-state index contributed by atoms with van der Waals surface area (Å²) in [5.74, 6) is 0.332. The molecule has 1 aliphatic heterocycles. The summed E-state index contributed by atoms with van der Waals surface area (Å²) >= 11 is 0. The first kappa shape index (κ1) is 13.3. The van der Waals surface area contributed by atoms with E-state index in [4.69, 9.17) is 4.74 Å². The van der Waals surface area contributed by atoms with Crippen LogP contribution >= 0.6 is 0 Å². The lowest BCUT2D eigenvalue weighted by Gasteiger charge is -2.29. The molecule has 1 aliphatic rings. The summed E-state index contributed by atoms with van der Waals surface area (Å²) < 4.78 is 5.28. The molecule has 1 aromatic rings. The summed E-state index contributed by atoms with van der Waals surface area (Å²) in [6.45, 7) is 1.26. The zero-order valence-corrected chi connectivity index (χ0v) is 10.6. The molecule has 7 nitrogen and oxygen atoms in total. The Morgan fingerprint density at radius 1 is 1.53 bits per heavy atom. The molecule has 1 aromatic carbocycles. The molecule has 0 radical (unpaired) electrons. The molecule has 0 atom stereocenters. The molecule has 0 saturated carbocycles. The fourth-order valence-electron chi connectivity index (χ4n) is 1.96. The molecule has 1 amide bonds. The average molecular weight is 265 g/mol. The number of ether oxygens (including phenoxy) is 1. The van der Waals surface area contributed by atoms with Gasteiger partial charge in [-0.25, -0.2) is 0 Å². The number of nitro benzene ring substituents is 1. The fourth-order valence-corrected chi connectivity index (χ4v) is 1.96. The highest BCUT2D eigenvalue weighted by atomic mass is 16.6. The minimum atomic E-state index is -0.481. The Kier molecular flexibility index (Phi) is 3.96. The highest BCUT2D eigenvalue weighted by molar-refractivity contribution is 5.98. The molecule has 2 rings (SSSR count). The van der Waals surface area contributed by atoms with Crippen LogP contribution in [0.5, 0.6) is 5.75 Å². The Morgan fingerprint density at radius 3 is 3.00 bits per heavy atom. The Balaban J connectivity index is 2.27. The first-order valence-corrected chi connectivity index (χ1v) is 5.99. The molecule has 7 heteroatoms. The maximum absolute atomic E-state index is 11.8. The van der Waals surface area contributed by atoms with E-state index in [0.717, 1.165) is 13.0 Å². The van der Waals surface area contributed by atoms with Crippen molar-refractivity contribution in [3.63, 3.8) is 0 Å². The third kappa shape index (κ3) is 2.82. The second kappa shape index (κ2) is 5.66. The van der Waals surface area contributed by atoms with Crippen LogP contribution in [0.15, 0.2) is 18.2 Å². The Hall–Kier alpha value is -2.15. The van der Waals surface area contributed by atoms with Crippen LogP contribution in [-0.4, -0.2) is 37.6 Å². The van der Waals surface area contributed by atoms with Crippen molar-refractivity contribution in [1.82, 2.24) is 5.32 Å². The lowest BCUT2D eigenvalue weighted by molar-refractivity contribution is -0.384. The van der Waals surface area contributed by atoms with E-state index in [2.05, 4.69) is 5.32 Å². The quantitative estimate of drug-likeness (QED) is 0.486. The predicted octanol–water partition coefficient (Wildman–Crippen LogP) is 0.930. The van der Waals surface area contributed by atoms with Crippen molar-refractivity contribution in [2.45, 2.75) is 6.42 Å². The number of hydrogen-bond donors (Lipinski definition) is 1.